The Morgan fingerprint density at radius 3 is 2.69 bits per heavy atom. The zero-order valence-corrected chi connectivity index (χ0v) is 14.5. The van der Waals surface area contributed by atoms with Crippen LogP contribution in [0.15, 0.2) is 36.4 Å². The first-order chi connectivity index (χ1) is 12.5. The predicted octanol–water partition coefficient (Wildman–Crippen LogP) is 0.126. The summed E-state index contributed by atoms with van der Waals surface area (Å²) in [5, 5.41) is 4.35. The smallest absolute Gasteiger partial charge is 0.274 e. The quantitative estimate of drug-likeness (QED) is 0.844. The summed E-state index contributed by atoms with van der Waals surface area (Å²) in [6.07, 6.45) is 0.0181. The molecule has 4 rings (SSSR count). The standard InChI is InChI=1S/C18H21N5O3/c1-21-7-8-26-16-11-22(10-15(16)21)18(25)13-9-14(17(19)24)23(20-13)12-5-3-2-4-6-12/h2-6,9,15-16H,7-8,10-11H2,1H3,(H2,19,24)/t15-,16+/m0/s1. The van der Waals surface area contributed by atoms with Gasteiger partial charge in [0.1, 0.15) is 5.69 Å². The van der Waals surface area contributed by atoms with Crippen molar-refractivity contribution < 1.29 is 14.3 Å². The minimum atomic E-state index is -0.626. The molecule has 2 N–H and O–H groups in total. The number of amides is 2. The molecule has 0 bridgehead atoms. The van der Waals surface area contributed by atoms with E-state index < -0.39 is 5.91 Å². The number of likely N-dealkylation sites (N-methyl/N-ethyl adjacent to an activating group) is 1. The summed E-state index contributed by atoms with van der Waals surface area (Å²) in [4.78, 5) is 28.7. The third-order valence-electron chi connectivity index (χ3n) is 5.05. The highest BCUT2D eigenvalue weighted by molar-refractivity contribution is 5.97. The number of primary amides is 1. The highest BCUT2D eigenvalue weighted by Gasteiger charge is 2.41. The maximum absolute atomic E-state index is 12.9. The number of nitrogens with zero attached hydrogens (tertiary/aromatic N) is 4. The van der Waals surface area contributed by atoms with Crippen molar-refractivity contribution in [2.45, 2.75) is 12.1 Å². The van der Waals surface area contributed by atoms with Gasteiger partial charge in [-0.3, -0.25) is 14.5 Å². The molecule has 8 nitrogen and oxygen atoms in total. The molecule has 2 aromatic rings. The molecule has 0 unspecified atom stereocenters. The average molecular weight is 355 g/mol. The number of carbonyl (C=O) groups is 2. The van der Waals surface area contributed by atoms with Crippen molar-refractivity contribution in [2.75, 3.05) is 33.3 Å². The second-order valence-corrected chi connectivity index (χ2v) is 6.69. The first-order valence-electron chi connectivity index (χ1n) is 8.61. The first kappa shape index (κ1) is 16.7. The lowest BCUT2D eigenvalue weighted by molar-refractivity contribution is -0.0368. The Morgan fingerprint density at radius 1 is 1.23 bits per heavy atom. The third-order valence-corrected chi connectivity index (χ3v) is 5.05. The molecule has 8 heteroatoms. The zero-order valence-electron chi connectivity index (χ0n) is 14.5. The molecular formula is C18H21N5O3. The van der Waals surface area contributed by atoms with E-state index in [0.717, 1.165) is 6.54 Å². The van der Waals surface area contributed by atoms with E-state index in [9.17, 15) is 9.59 Å². The van der Waals surface area contributed by atoms with Gasteiger partial charge in [-0.2, -0.15) is 5.10 Å². The number of benzene rings is 1. The minimum absolute atomic E-state index is 0.0181. The molecule has 2 atom stereocenters. The van der Waals surface area contributed by atoms with E-state index in [0.29, 0.717) is 25.4 Å². The number of hydrogen-bond acceptors (Lipinski definition) is 5. The molecule has 136 valence electrons. The molecule has 2 fully saturated rings. The number of likely N-dealkylation sites (tertiary alicyclic amines) is 1. The zero-order chi connectivity index (χ0) is 18.3. The van der Waals surface area contributed by atoms with Gasteiger partial charge in [-0.25, -0.2) is 4.68 Å². The molecule has 2 amide bonds. The van der Waals surface area contributed by atoms with Crippen LogP contribution in [0.1, 0.15) is 21.0 Å². The molecular weight excluding hydrogens is 334 g/mol. The number of ether oxygens (including phenoxy) is 1. The molecule has 2 aliphatic rings. The number of hydrogen-bond donors (Lipinski definition) is 1. The average Bonchev–Trinajstić information content (AvgIpc) is 3.27. The van der Waals surface area contributed by atoms with Gasteiger partial charge in [0.15, 0.2) is 5.69 Å². The maximum Gasteiger partial charge on any atom is 0.274 e. The number of fused-ring (bicyclic) bond motifs is 1. The summed E-state index contributed by atoms with van der Waals surface area (Å²) >= 11 is 0. The number of para-hydroxylation sites is 1. The van der Waals surface area contributed by atoms with Crippen molar-refractivity contribution >= 4 is 11.8 Å². The molecule has 0 saturated carbocycles. The largest absolute Gasteiger partial charge is 0.373 e. The van der Waals surface area contributed by atoms with Gasteiger partial charge < -0.3 is 15.4 Å². The Morgan fingerprint density at radius 2 is 2.00 bits per heavy atom. The normalized spacial score (nSPS) is 23.0. The molecule has 2 aliphatic heterocycles. The Kier molecular flexibility index (Phi) is 4.21. The molecule has 2 saturated heterocycles. The summed E-state index contributed by atoms with van der Waals surface area (Å²) in [5.74, 6) is -0.841. The second kappa shape index (κ2) is 6.54. The maximum atomic E-state index is 12.9. The van der Waals surface area contributed by atoms with Crippen LogP contribution >= 0.6 is 0 Å². The fraction of sp³-hybridized carbons (Fsp3) is 0.389. The van der Waals surface area contributed by atoms with E-state index in [4.69, 9.17) is 10.5 Å². The summed E-state index contributed by atoms with van der Waals surface area (Å²) < 4.78 is 7.21. The van der Waals surface area contributed by atoms with Crippen LogP contribution in [0.25, 0.3) is 5.69 Å². The summed E-state index contributed by atoms with van der Waals surface area (Å²) in [5.41, 5.74) is 6.56. The van der Waals surface area contributed by atoms with Gasteiger partial charge >= 0.3 is 0 Å². The summed E-state index contributed by atoms with van der Waals surface area (Å²) in [7, 11) is 2.05. The van der Waals surface area contributed by atoms with E-state index >= 15 is 0 Å². The van der Waals surface area contributed by atoms with Crippen LogP contribution < -0.4 is 5.73 Å². The van der Waals surface area contributed by atoms with E-state index in [1.54, 1.807) is 17.0 Å². The predicted molar refractivity (Wildman–Crippen MR) is 94.1 cm³/mol. The Hall–Kier alpha value is -2.71. The van der Waals surface area contributed by atoms with E-state index in [1.807, 2.05) is 25.2 Å². The molecule has 1 aromatic heterocycles. The highest BCUT2D eigenvalue weighted by atomic mass is 16.5. The number of rotatable bonds is 3. The minimum Gasteiger partial charge on any atom is -0.373 e. The molecule has 0 radical (unpaired) electrons. The van der Waals surface area contributed by atoms with Gasteiger partial charge in [0, 0.05) is 25.7 Å². The lowest BCUT2D eigenvalue weighted by atomic mass is 10.1. The number of carbonyl (C=O) groups excluding carboxylic acids is 2. The van der Waals surface area contributed by atoms with E-state index in [1.165, 1.54) is 10.7 Å². The third kappa shape index (κ3) is 2.87. The van der Waals surface area contributed by atoms with E-state index in [-0.39, 0.29) is 29.4 Å². The lowest BCUT2D eigenvalue weighted by Crippen LogP contribution is -2.48. The summed E-state index contributed by atoms with van der Waals surface area (Å²) in [6, 6.07) is 10.8. The SMILES string of the molecule is CN1CCO[C@@H]2CN(C(=O)c3cc(C(N)=O)n(-c4ccccc4)n3)C[C@@H]21. The number of morpholine rings is 1. The Labute approximate surface area is 151 Å². The van der Waals surface area contributed by atoms with Crippen molar-refractivity contribution in [1.29, 1.82) is 0 Å². The van der Waals surface area contributed by atoms with Crippen molar-refractivity contribution in [3.8, 4) is 5.69 Å². The van der Waals surface area contributed by atoms with Crippen molar-refractivity contribution in [1.82, 2.24) is 19.6 Å². The Bertz CT molecular complexity index is 835. The van der Waals surface area contributed by atoms with Crippen molar-refractivity contribution in [3.05, 3.63) is 47.8 Å². The number of aromatic nitrogens is 2. The van der Waals surface area contributed by atoms with Crippen molar-refractivity contribution in [3.63, 3.8) is 0 Å². The van der Waals surface area contributed by atoms with Gasteiger partial charge in [0.05, 0.1) is 24.4 Å². The van der Waals surface area contributed by atoms with Gasteiger partial charge in [-0.05, 0) is 19.2 Å². The van der Waals surface area contributed by atoms with Crippen LogP contribution in [0.2, 0.25) is 0 Å². The number of nitrogens with two attached hydrogens (primary N) is 1. The summed E-state index contributed by atoms with van der Waals surface area (Å²) in [6.45, 7) is 2.65. The van der Waals surface area contributed by atoms with Crippen LogP contribution in [0.4, 0.5) is 0 Å². The van der Waals surface area contributed by atoms with Crippen LogP contribution in [0.3, 0.4) is 0 Å². The van der Waals surface area contributed by atoms with Crippen LogP contribution in [0, 0.1) is 0 Å². The topological polar surface area (TPSA) is 93.7 Å². The lowest BCUT2D eigenvalue weighted by Gasteiger charge is -2.33. The monoisotopic (exact) mass is 355 g/mol. The van der Waals surface area contributed by atoms with Gasteiger partial charge in [-0.15, -0.1) is 0 Å². The van der Waals surface area contributed by atoms with Gasteiger partial charge in [0.25, 0.3) is 11.8 Å². The van der Waals surface area contributed by atoms with Gasteiger partial charge in [-0.1, -0.05) is 18.2 Å². The fourth-order valence-electron chi connectivity index (χ4n) is 3.61. The molecule has 3 heterocycles. The highest BCUT2D eigenvalue weighted by Crippen LogP contribution is 2.23. The van der Waals surface area contributed by atoms with E-state index in [2.05, 4.69) is 10.00 Å². The van der Waals surface area contributed by atoms with Crippen LogP contribution in [-0.2, 0) is 4.74 Å². The Balaban J connectivity index is 1.62. The molecule has 1 aromatic carbocycles. The second-order valence-electron chi connectivity index (χ2n) is 6.69. The first-order valence-corrected chi connectivity index (χ1v) is 8.61. The molecule has 0 spiro atoms. The fourth-order valence-corrected chi connectivity index (χ4v) is 3.61. The van der Waals surface area contributed by atoms with Gasteiger partial charge in [0.2, 0.25) is 0 Å². The molecule has 0 aliphatic carbocycles. The molecule has 26 heavy (non-hydrogen) atoms. The van der Waals surface area contributed by atoms with Crippen LogP contribution in [0.5, 0.6) is 0 Å². The van der Waals surface area contributed by atoms with Crippen molar-refractivity contribution in [2.24, 2.45) is 5.73 Å². The van der Waals surface area contributed by atoms with Crippen LogP contribution in [-0.4, -0.2) is 76.8 Å².